The molecular formula is C45H65N9O11S2. The number of hydrogen-bond donors (Lipinski definition) is 11. The lowest BCUT2D eigenvalue weighted by Crippen LogP contribution is -2.60. The van der Waals surface area contributed by atoms with Crippen LogP contribution in [-0.4, -0.2) is 141 Å². The molecule has 1 aromatic heterocycles. The van der Waals surface area contributed by atoms with Gasteiger partial charge in [-0.15, -0.1) is 0 Å². The normalized spacial score (nSPS) is 24.7. The fourth-order valence-corrected chi connectivity index (χ4v) is 9.15. The molecule has 3 heterocycles. The Hall–Kier alpha value is -5.45. The average molecular weight is 972 g/mol. The summed E-state index contributed by atoms with van der Waals surface area (Å²) in [5, 5.41) is 50.8. The highest BCUT2D eigenvalue weighted by Crippen LogP contribution is 2.18. The molecule has 11 N–H and O–H groups in total. The monoisotopic (exact) mass is 971 g/mol. The number of aliphatic carboxylic acids is 1. The van der Waals surface area contributed by atoms with Crippen LogP contribution in [0.4, 0.5) is 0 Å². The molecule has 22 heteroatoms. The summed E-state index contributed by atoms with van der Waals surface area (Å²) < 4.78 is 0. The van der Waals surface area contributed by atoms with E-state index in [2.05, 4.69) is 42.5 Å². The van der Waals surface area contributed by atoms with E-state index < -0.39 is 96.4 Å². The smallest absolute Gasteiger partial charge is 0.328 e. The standard InChI is InChI=1S/C45H65N9O11S2/c1-24(2)16-32-40(59)47-26(5)38(57)53-36(44(63)52-35(19-55)45(64)65)22-66-20-28-8-6-9-29(48-28)21-67-23-37(54-39(58)31-10-7-15-46-31)43(62)50-33(17-25(3)4)41(60)51-34(42(61)49-32)18-27-11-13-30(56)14-12-27/h6,8-9,11-14,24-26,31-37,46,55-56H,7,10,15-23H2,1-5H3,(H,47,59)(H,49,61)(H,50,62)(H,51,60)(H,52,63)(H,53,57)(H,54,58)(H,64,65)/t26-,31-,32-,33-,34-,35-,36-,37-/m0/s1. The van der Waals surface area contributed by atoms with Crippen LogP contribution < -0.4 is 42.5 Å². The number of benzene rings is 1. The molecule has 0 unspecified atom stereocenters. The lowest BCUT2D eigenvalue weighted by molar-refractivity contribution is -0.143. The summed E-state index contributed by atoms with van der Waals surface area (Å²) in [6.45, 7) is 8.49. The molecule has 67 heavy (non-hydrogen) atoms. The Bertz CT molecular complexity index is 2040. The number of phenolic OH excluding ortho intramolecular Hbond substituents is 1. The van der Waals surface area contributed by atoms with Crippen LogP contribution in [-0.2, 0) is 56.3 Å². The van der Waals surface area contributed by atoms with Crippen molar-refractivity contribution in [3.8, 4) is 5.75 Å². The number of carbonyl (C=O) groups is 8. The Morgan fingerprint density at radius 3 is 1.87 bits per heavy atom. The van der Waals surface area contributed by atoms with Gasteiger partial charge in [0.25, 0.3) is 0 Å². The summed E-state index contributed by atoms with van der Waals surface area (Å²) >= 11 is 2.54. The van der Waals surface area contributed by atoms with E-state index in [1.165, 1.54) is 42.6 Å². The lowest BCUT2D eigenvalue weighted by Gasteiger charge is -2.28. The molecule has 368 valence electrons. The SMILES string of the molecule is CC(C)C[C@@H]1NC(=O)[C@H](Cc2ccc(O)cc2)NC(=O)[C@H](CC(C)C)NC(=O)[C@@H](NC(=O)[C@@H]2CCCN2)CSCc2cccc(n2)CSC[C@@H](C(=O)N[C@@H](CO)C(=O)O)NC(=O)[C@H](C)NC1=O. The van der Waals surface area contributed by atoms with Gasteiger partial charge in [-0.1, -0.05) is 45.9 Å². The molecule has 4 rings (SSSR count). The predicted molar refractivity (Wildman–Crippen MR) is 252 cm³/mol. The second-order valence-corrected chi connectivity index (χ2v) is 19.6. The fraction of sp³-hybridized carbons (Fsp3) is 0.578. The molecule has 1 aromatic carbocycles. The van der Waals surface area contributed by atoms with E-state index in [1.54, 1.807) is 30.3 Å². The molecule has 20 nitrogen and oxygen atoms in total. The fourth-order valence-electron chi connectivity index (χ4n) is 7.23. The first kappa shape index (κ1) is 54.2. The molecule has 1 fully saturated rings. The van der Waals surface area contributed by atoms with Crippen molar-refractivity contribution in [2.24, 2.45) is 11.8 Å². The van der Waals surface area contributed by atoms with Gasteiger partial charge in [0.05, 0.1) is 24.0 Å². The van der Waals surface area contributed by atoms with Crippen LogP contribution in [0.5, 0.6) is 5.75 Å². The molecule has 7 amide bonds. The zero-order chi connectivity index (χ0) is 49.2. The number of aliphatic hydroxyl groups excluding tert-OH is 1. The number of rotatable bonds is 12. The van der Waals surface area contributed by atoms with Crippen molar-refractivity contribution in [1.82, 2.24) is 47.5 Å². The summed E-state index contributed by atoms with van der Waals surface area (Å²) in [5.74, 6) is -6.03. The minimum absolute atomic E-state index is 0.0262. The number of carboxylic acids is 1. The average Bonchev–Trinajstić information content (AvgIpc) is 3.82. The number of thioether (sulfide) groups is 2. The maximum absolute atomic E-state index is 14.3. The second kappa shape index (κ2) is 26.8. The van der Waals surface area contributed by atoms with Gasteiger partial charge in [-0.3, -0.25) is 38.5 Å². The van der Waals surface area contributed by atoms with Gasteiger partial charge in [-0.25, -0.2) is 4.79 Å². The number of hydrogen-bond acceptors (Lipinski definition) is 14. The molecule has 0 saturated carbocycles. The zero-order valence-electron chi connectivity index (χ0n) is 38.5. The first-order valence-electron chi connectivity index (χ1n) is 22.4. The van der Waals surface area contributed by atoms with Crippen LogP contribution in [0.25, 0.3) is 0 Å². The third-order valence-electron chi connectivity index (χ3n) is 10.8. The third kappa shape index (κ3) is 17.9. The summed E-state index contributed by atoms with van der Waals surface area (Å²) in [4.78, 5) is 114. The van der Waals surface area contributed by atoms with E-state index in [1.807, 2.05) is 27.7 Å². The summed E-state index contributed by atoms with van der Waals surface area (Å²) in [5.41, 5.74) is 1.80. The molecule has 2 aromatic rings. The van der Waals surface area contributed by atoms with E-state index >= 15 is 0 Å². The van der Waals surface area contributed by atoms with Gasteiger partial charge < -0.3 is 57.9 Å². The van der Waals surface area contributed by atoms with Crippen molar-refractivity contribution in [1.29, 1.82) is 0 Å². The molecule has 2 aliphatic rings. The largest absolute Gasteiger partial charge is 0.508 e. The highest BCUT2D eigenvalue weighted by atomic mass is 32.2. The van der Waals surface area contributed by atoms with Crippen molar-refractivity contribution < 1.29 is 53.7 Å². The number of aromatic hydroxyl groups is 1. The summed E-state index contributed by atoms with van der Waals surface area (Å²) in [7, 11) is 0. The molecule has 8 atom stereocenters. The first-order valence-corrected chi connectivity index (χ1v) is 24.7. The molecule has 1 saturated heterocycles. The van der Waals surface area contributed by atoms with Crippen molar-refractivity contribution in [2.75, 3.05) is 24.7 Å². The Morgan fingerprint density at radius 1 is 0.731 bits per heavy atom. The van der Waals surface area contributed by atoms with Crippen molar-refractivity contribution in [2.45, 2.75) is 127 Å². The summed E-state index contributed by atoms with van der Waals surface area (Å²) in [6.07, 6.45) is 1.56. The number of fused-ring (bicyclic) bond motifs is 2. The van der Waals surface area contributed by atoms with E-state index in [-0.39, 0.29) is 60.0 Å². The highest BCUT2D eigenvalue weighted by Gasteiger charge is 2.35. The van der Waals surface area contributed by atoms with Gasteiger partial charge in [-0.05, 0) is 80.8 Å². The second-order valence-electron chi connectivity index (χ2n) is 17.5. The van der Waals surface area contributed by atoms with E-state index in [0.717, 1.165) is 6.42 Å². The van der Waals surface area contributed by atoms with Crippen molar-refractivity contribution in [3.63, 3.8) is 0 Å². The minimum Gasteiger partial charge on any atom is -0.508 e. The minimum atomic E-state index is -1.66. The number of aliphatic hydroxyl groups is 1. The third-order valence-corrected chi connectivity index (χ3v) is 13.0. The summed E-state index contributed by atoms with van der Waals surface area (Å²) in [6, 6.07) is 1.81. The maximum Gasteiger partial charge on any atom is 0.328 e. The number of phenols is 1. The van der Waals surface area contributed by atoms with Crippen LogP contribution >= 0.6 is 23.5 Å². The number of carboxylic acid groups (broad SMARTS) is 1. The van der Waals surface area contributed by atoms with Gasteiger partial charge in [-0.2, -0.15) is 23.5 Å². The molecule has 0 radical (unpaired) electrons. The van der Waals surface area contributed by atoms with Crippen LogP contribution in [0, 0.1) is 11.8 Å². The zero-order valence-corrected chi connectivity index (χ0v) is 40.1. The lowest BCUT2D eigenvalue weighted by atomic mass is 9.99. The van der Waals surface area contributed by atoms with Crippen LogP contribution in [0.1, 0.15) is 77.3 Å². The van der Waals surface area contributed by atoms with Crippen LogP contribution in [0.2, 0.25) is 0 Å². The Labute approximate surface area is 398 Å². The van der Waals surface area contributed by atoms with Crippen molar-refractivity contribution in [3.05, 3.63) is 59.4 Å². The molecular weight excluding hydrogens is 907 g/mol. The van der Waals surface area contributed by atoms with Gasteiger partial charge in [0.2, 0.25) is 41.4 Å². The number of pyridine rings is 1. The number of carbonyl (C=O) groups excluding carboxylic acids is 7. The number of amides is 7. The van der Waals surface area contributed by atoms with Gasteiger partial charge in [0.15, 0.2) is 0 Å². The molecule has 2 aliphatic heterocycles. The molecule has 0 spiro atoms. The van der Waals surface area contributed by atoms with Crippen LogP contribution in [0.3, 0.4) is 0 Å². The number of nitrogens with one attached hydrogen (secondary N) is 8. The Morgan fingerprint density at radius 2 is 1.30 bits per heavy atom. The topological polar surface area (TPSA) is 306 Å². The Balaban J connectivity index is 1.72. The Kier molecular flexibility index (Phi) is 21.6. The predicted octanol–water partition coefficient (Wildman–Crippen LogP) is -0.155. The van der Waals surface area contributed by atoms with Crippen molar-refractivity contribution >= 4 is 70.8 Å². The van der Waals surface area contributed by atoms with E-state index in [9.17, 15) is 53.7 Å². The molecule has 2 bridgehead atoms. The highest BCUT2D eigenvalue weighted by molar-refractivity contribution is 7.98. The first-order chi connectivity index (χ1) is 31.8. The van der Waals surface area contributed by atoms with Gasteiger partial charge in [0, 0.05) is 29.4 Å². The maximum atomic E-state index is 14.3. The molecule has 0 aliphatic carbocycles. The van der Waals surface area contributed by atoms with E-state index in [0.29, 0.717) is 35.7 Å². The number of aromatic nitrogens is 1. The van der Waals surface area contributed by atoms with Gasteiger partial charge >= 0.3 is 5.97 Å². The quantitative estimate of drug-likeness (QED) is 0.132. The van der Waals surface area contributed by atoms with Gasteiger partial charge in [0.1, 0.15) is 48.0 Å². The van der Waals surface area contributed by atoms with E-state index in [4.69, 9.17) is 4.98 Å². The number of nitrogens with zero attached hydrogens (tertiary/aromatic N) is 1. The van der Waals surface area contributed by atoms with Crippen LogP contribution in [0.15, 0.2) is 42.5 Å².